The van der Waals surface area contributed by atoms with Crippen LogP contribution in [0.5, 0.6) is 0 Å². The first-order valence-electron chi connectivity index (χ1n) is 5.20. The molecule has 0 spiro atoms. The van der Waals surface area contributed by atoms with Gasteiger partial charge in [-0.1, -0.05) is 0 Å². The molecule has 1 aromatic rings. The molecule has 6 nitrogen and oxygen atoms in total. The van der Waals surface area contributed by atoms with Crippen LogP contribution in [-0.2, 0) is 31.9 Å². The molecule has 0 radical (unpaired) electrons. The Kier molecular flexibility index (Phi) is 5.49. The molecular formula is C10H16NO5S+. The van der Waals surface area contributed by atoms with Gasteiger partial charge in [-0.3, -0.25) is 0 Å². The molecule has 96 valence electrons. The minimum atomic E-state index is -3.88. The van der Waals surface area contributed by atoms with Crippen LogP contribution in [0.3, 0.4) is 0 Å². The van der Waals surface area contributed by atoms with Gasteiger partial charge in [-0.2, -0.15) is 8.42 Å². The predicted molar refractivity (Wildman–Crippen MR) is 59.1 cm³/mol. The lowest BCUT2D eigenvalue weighted by molar-refractivity contribution is -0.698. The normalized spacial score (nSPS) is 11.6. The molecule has 0 atom stereocenters. The Balaban J connectivity index is 2.45. The molecular weight excluding hydrogens is 246 g/mol. The van der Waals surface area contributed by atoms with E-state index in [2.05, 4.69) is 8.37 Å². The summed E-state index contributed by atoms with van der Waals surface area (Å²) in [6.45, 7) is 1.91. The number of hydrogen-bond acceptors (Lipinski definition) is 5. The van der Waals surface area contributed by atoms with E-state index in [4.69, 9.17) is 5.11 Å². The third-order valence-electron chi connectivity index (χ3n) is 1.94. The Hall–Kier alpha value is -1.02. The van der Waals surface area contributed by atoms with Crippen LogP contribution in [0.1, 0.15) is 12.5 Å². The molecule has 1 heterocycles. The lowest BCUT2D eigenvalue weighted by Crippen LogP contribution is -2.36. The van der Waals surface area contributed by atoms with Gasteiger partial charge in [0, 0.05) is 11.6 Å². The summed E-state index contributed by atoms with van der Waals surface area (Å²) in [7, 11) is -3.88. The molecule has 0 unspecified atom stereocenters. The van der Waals surface area contributed by atoms with Gasteiger partial charge >= 0.3 is 10.4 Å². The van der Waals surface area contributed by atoms with Crippen LogP contribution < -0.4 is 4.57 Å². The number of rotatable bonds is 7. The number of pyridine rings is 1. The first kappa shape index (κ1) is 14.0. The molecule has 1 aromatic heterocycles. The standard InChI is InChI=1S/C10H16NO5S/c1-2-15-17(13,14)16-7-6-11-5-3-4-10(8-11)9-12/h3-5,8,12H,2,6-7,9H2,1H3/q+1. The van der Waals surface area contributed by atoms with Crippen molar-refractivity contribution < 1.29 is 26.5 Å². The highest BCUT2D eigenvalue weighted by Crippen LogP contribution is 1.96. The van der Waals surface area contributed by atoms with Crippen molar-refractivity contribution in [3.05, 3.63) is 30.1 Å². The molecule has 1 rings (SSSR count). The van der Waals surface area contributed by atoms with E-state index in [0.717, 1.165) is 5.56 Å². The van der Waals surface area contributed by atoms with Crippen molar-refractivity contribution in [2.75, 3.05) is 13.2 Å². The van der Waals surface area contributed by atoms with Gasteiger partial charge in [0.2, 0.25) is 0 Å². The minimum absolute atomic E-state index is 0.0120. The molecule has 0 saturated heterocycles. The summed E-state index contributed by atoms with van der Waals surface area (Å²) in [4.78, 5) is 0. The monoisotopic (exact) mass is 262 g/mol. The molecule has 0 aliphatic heterocycles. The summed E-state index contributed by atoms with van der Waals surface area (Å²) in [6.07, 6.45) is 3.48. The van der Waals surface area contributed by atoms with E-state index in [1.165, 1.54) is 0 Å². The summed E-state index contributed by atoms with van der Waals surface area (Å²) in [5.74, 6) is 0. The molecule has 0 saturated carbocycles. The molecule has 0 aromatic carbocycles. The summed E-state index contributed by atoms with van der Waals surface area (Å²) in [5.41, 5.74) is 0.750. The summed E-state index contributed by atoms with van der Waals surface area (Å²) in [6, 6.07) is 3.54. The van der Waals surface area contributed by atoms with Crippen molar-refractivity contribution in [2.24, 2.45) is 0 Å². The number of nitrogens with zero attached hydrogens (tertiary/aromatic N) is 1. The second-order valence-corrected chi connectivity index (χ2v) is 4.53. The number of aromatic nitrogens is 1. The van der Waals surface area contributed by atoms with Gasteiger partial charge in [-0.15, -0.1) is 0 Å². The Morgan fingerprint density at radius 1 is 1.41 bits per heavy atom. The van der Waals surface area contributed by atoms with Crippen molar-refractivity contribution in [3.8, 4) is 0 Å². The zero-order valence-corrected chi connectivity index (χ0v) is 10.4. The molecule has 0 aliphatic rings. The van der Waals surface area contributed by atoms with E-state index in [1.807, 2.05) is 0 Å². The topological polar surface area (TPSA) is 76.7 Å². The van der Waals surface area contributed by atoms with Crippen LogP contribution in [0.2, 0.25) is 0 Å². The summed E-state index contributed by atoms with van der Waals surface area (Å²) in [5, 5.41) is 8.93. The van der Waals surface area contributed by atoms with Crippen LogP contribution in [0, 0.1) is 0 Å². The highest BCUT2D eigenvalue weighted by atomic mass is 32.3. The van der Waals surface area contributed by atoms with Crippen molar-refractivity contribution in [1.29, 1.82) is 0 Å². The maximum absolute atomic E-state index is 11.1. The Morgan fingerprint density at radius 2 is 2.18 bits per heavy atom. The molecule has 7 heteroatoms. The highest BCUT2D eigenvalue weighted by Gasteiger charge is 2.12. The van der Waals surface area contributed by atoms with Crippen LogP contribution in [-0.4, -0.2) is 26.7 Å². The lowest BCUT2D eigenvalue weighted by atomic mass is 10.3. The maximum Gasteiger partial charge on any atom is 0.400 e. The Bertz CT molecular complexity index is 446. The van der Waals surface area contributed by atoms with Gasteiger partial charge in [0.15, 0.2) is 18.9 Å². The van der Waals surface area contributed by atoms with Gasteiger partial charge in [0.25, 0.3) is 0 Å². The fourth-order valence-electron chi connectivity index (χ4n) is 1.23. The first-order chi connectivity index (χ1) is 8.07. The second-order valence-electron chi connectivity index (χ2n) is 3.24. The van der Waals surface area contributed by atoms with Crippen molar-refractivity contribution in [3.63, 3.8) is 0 Å². The number of hydrogen-bond donors (Lipinski definition) is 1. The van der Waals surface area contributed by atoms with Crippen LogP contribution >= 0.6 is 0 Å². The van der Waals surface area contributed by atoms with Gasteiger partial charge in [0.1, 0.15) is 6.61 Å². The van der Waals surface area contributed by atoms with E-state index in [-0.39, 0.29) is 19.8 Å². The zero-order chi connectivity index (χ0) is 12.7. The van der Waals surface area contributed by atoms with Crippen molar-refractivity contribution in [1.82, 2.24) is 0 Å². The van der Waals surface area contributed by atoms with Crippen LogP contribution in [0.15, 0.2) is 24.5 Å². The Morgan fingerprint density at radius 3 is 2.82 bits per heavy atom. The van der Waals surface area contributed by atoms with E-state index < -0.39 is 10.4 Å². The fraction of sp³-hybridized carbons (Fsp3) is 0.500. The van der Waals surface area contributed by atoms with E-state index in [1.54, 1.807) is 36.0 Å². The largest absolute Gasteiger partial charge is 0.400 e. The molecule has 0 aliphatic carbocycles. The highest BCUT2D eigenvalue weighted by molar-refractivity contribution is 7.81. The van der Waals surface area contributed by atoms with E-state index in [9.17, 15) is 8.42 Å². The summed E-state index contributed by atoms with van der Waals surface area (Å²) >= 11 is 0. The Labute approximate surface area is 101 Å². The third-order valence-corrected chi connectivity index (χ3v) is 2.92. The van der Waals surface area contributed by atoms with Gasteiger partial charge in [0.05, 0.1) is 13.2 Å². The van der Waals surface area contributed by atoms with Crippen molar-refractivity contribution in [2.45, 2.75) is 20.1 Å². The average Bonchev–Trinajstić information content (AvgIpc) is 2.29. The van der Waals surface area contributed by atoms with Crippen molar-refractivity contribution >= 4 is 10.4 Å². The first-order valence-corrected chi connectivity index (χ1v) is 6.53. The predicted octanol–water partition coefficient (Wildman–Crippen LogP) is -0.236. The average molecular weight is 262 g/mol. The van der Waals surface area contributed by atoms with E-state index in [0.29, 0.717) is 6.54 Å². The summed E-state index contributed by atoms with van der Waals surface area (Å²) < 4.78 is 32.9. The molecule has 0 amide bonds. The molecule has 1 N–H and O–H groups in total. The molecule has 17 heavy (non-hydrogen) atoms. The smallest absolute Gasteiger partial charge is 0.391 e. The van der Waals surface area contributed by atoms with Gasteiger partial charge in [-0.25, -0.2) is 12.9 Å². The van der Waals surface area contributed by atoms with Gasteiger partial charge in [-0.05, 0) is 13.0 Å². The quantitative estimate of drug-likeness (QED) is 0.687. The number of aliphatic hydroxyl groups excluding tert-OH is 1. The maximum atomic E-state index is 11.1. The number of aliphatic hydroxyl groups is 1. The second kappa shape index (κ2) is 6.65. The SMILES string of the molecule is CCOS(=O)(=O)OCC[n+]1cccc(CO)c1. The fourth-order valence-corrected chi connectivity index (χ4v) is 1.87. The van der Waals surface area contributed by atoms with Crippen LogP contribution in [0.25, 0.3) is 0 Å². The molecule has 0 fully saturated rings. The zero-order valence-electron chi connectivity index (χ0n) is 9.57. The minimum Gasteiger partial charge on any atom is -0.391 e. The lowest BCUT2D eigenvalue weighted by Gasteiger charge is -2.02. The third kappa shape index (κ3) is 5.22. The van der Waals surface area contributed by atoms with E-state index >= 15 is 0 Å². The van der Waals surface area contributed by atoms with Gasteiger partial charge < -0.3 is 5.11 Å². The van der Waals surface area contributed by atoms with Crippen LogP contribution in [0.4, 0.5) is 0 Å². The molecule has 0 bridgehead atoms.